The van der Waals surface area contributed by atoms with E-state index in [1.165, 1.54) is 11.9 Å². The number of hydrogen-bond donors (Lipinski definition) is 1. The predicted molar refractivity (Wildman–Crippen MR) is 128 cm³/mol. The minimum absolute atomic E-state index is 0.144. The molecular formula is C22H28BrN3O5S. The van der Waals surface area contributed by atoms with Crippen LogP contribution in [0.5, 0.6) is 5.75 Å². The summed E-state index contributed by atoms with van der Waals surface area (Å²) >= 11 is 3.33. The number of nitrogens with one attached hydrogen (secondary N) is 1. The number of hydrogen-bond acceptors (Lipinski definition) is 5. The molecule has 2 rings (SSSR count). The standard InChI is InChI=1S/C22H28BrN3O5S/c1-5-20(22(28)24-2)25(14-16-9-11-19(31-3)12-10-16)21(27)15-26(32(4,29)30)18-8-6-7-17(23)13-18/h6-13,20H,5,14-15H2,1-4H3,(H,24,28)/t20-/m0/s1. The van der Waals surface area contributed by atoms with Gasteiger partial charge in [0.05, 0.1) is 19.1 Å². The van der Waals surface area contributed by atoms with Gasteiger partial charge >= 0.3 is 0 Å². The molecule has 0 aromatic heterocycles. The lowest BCUT2D eigenvalue weighted by Crippen LogP contribution is -2.51. The lowest BCUT2D eigenvalue weighted by molar-refractivity contribution is -0.140. The van der Waals surface area contributed by atoms with Crippen LogP contribution in [0, 0.1) is 0 Å². The van der Waals surface area contributed by atoms with Crippen LogP contribution in [0.2, 0.25) is 0 Å². The fourth-order valence-electron chi connectivity index (χ4n) is 3.26. The summed E-state index contributed by atoms with van der Waals surface area (Å²) in [7, 11) is -0.689. The average Bonchev–Trinajstić information content (AvgIpc) is 2.76. The van der Waals surface area contributed by atoms with Gasteiger partial charge in [0.15, 0.2) is 0 Å². The number of halogens is 1. The third-order valence-corrected chi connectivity index (χ3v) is 6.55. The molecule has 0 aliphatic carbocycles. The van der Waals surface area contributed by atoms with Gasteiger partial charge in [-0.15, -0.1) is 0 Å². The number of sulfonamides is 1. The maximum Gasteiger partial charge on any atom is 0.244 e. The number of benzene rings is 2. The summed E-state index contributed by atoms with van der Waals surface area (Å²) in [5.41, 5.74) is 1.14. The minimum Gasteiger partial charge on any atom is -0.497 e. The first kappa shape index (κ1) is 25.7. The normalized spacial score (nSPS) is 12.0. The quantitative estimate of drug-likeness (QED) is 0.514. The van der Waals surface area contributed by atoms with Gasteiger partial charge in [0.1, 0.15) is 18.3 Å². The van der Waals surface area contributed by atoms with E-state index >= 15 is 0 Å². The molecule has 2 amide bonds. The molecule has 10 heteroatoms. The van der Waals surface area contributed by atoms with Crippen LogP contribution in [0.15, 0.2) is 53.0 Å². The second-order valence-corrected chi connectivity index (χ2v) is 9.98. The van der Waals surface area contributed by atoms with Crippen LogP contribution in [0.3, 0.4) is 0 Å². The van der Waals surface area contributed by atoms with Gasteiger partial charge in [-0.3, -0.25) is 13.9 Å². The molecule has 0 fully saturated rings. The summed E-state index contributed by atoms with van der Waals surface area (Å²) in [5, 5.41) is 2.59. The maximum absolute atomic E-state index is 13.4. The molecule has 0 spiro atoms. The summed E-state index contributed by atoms with van der Waals surface area (Å²) < 4.78 is 31.9. The minimum atomic E-state index is -3.76. The molecule has 0 saturated heterocycles. The van der Waals surface area contributed by atoms with Gasteiger partial charge in [-0.2, -0.15) is 0 Å². The van der Waals surface area contributed by atoms with E-state index in [0.29, 0.717) is 22.3 Å². The Labute approximate surface area is 197 Å². The number of carbonyl (C=O) groups is 2. The van der Waals surface area contributed by atoms with Gasteiger partial charge in [-0.1, -0.05) is 41.1 Å². The fraction of sp³-hybridized carbons (Fsp3) is 0.364. The first-order chi connectivity index (χ1) is 15.1. The molecular weight excluding hydrogens is 498 g/mol. The second kappa shape index (κ2) is 11.3. The van der Waals surface area contributed by atoms with Crippen LogP contribution in [0.25, 0.3) is 0 Å². The number of carbonyl (C=O) groups excluding carboxylic acids is 2. The van der Waals surface area contributed by atoms with Crippen LogP contribution >= 0.6 is 15.9 Å². The molecule has 8 nitrogen and oxygen atoms in total. The zero-order valence-electron chi connectivity index (χ0n) is 18.5. The molecule has 0 radical (unpaired) electrons. The summed E-state index contributed by atoms with van der Waals surface area (Å²) in [6, 6.07) is 13.1. The van der Waals surface area contributed by atoms with E-state index in [1.807, 2.05) is 0 Å². The first-order valence-corrected chi connectivity index (χ1v) is 12.6. The molecule has 2 aromatic carbocycles. The van der Waals surface area contributed by atoms with Crippen molar-refractivity contribution in [1.82, 2.24) is 10.2 Å². The molecule has 174 valence electrons. The first-order valence-electron chi connectivity index (χ1n) is 9.98. The predicted octanol–water partition coefficient (Wildman–Crippen LogP) is 2.78. The second-order valence-electron chi connectivity index (χ2n) is 7.16. The Hall–Kier alpha value is -2.59. The summed E-state index contributed by atoms with van der Waals surface area (Å²) in [6.45, 7) is 1.51. The van der Waals surface area contributed by atoms with Crippen molar-refractivity contribution in [2.75, 3.05) is 31.3 Å². The zero-order valence-corrected chi connectivity index (χ0v) is 20.9. The molecule has 1 N–H and O–H groups in total. The van der Waals surface area contributed by atoms with Crippen molar-refractivity contribution in [3.63, 3.8) is 0 Å². The highest BCUT2D eigenvalue weighted by molar-refractivity contribution is 9.10. The van der Waals surface area contributed by atoms with Gasteiger partial charge in [-0.25, -0.2) is 8.42 Å². The van der Waals surface area contributed by atoms with E-state index in [2.05, 4.69) is 21.2 Å². The number of methoxy groups -OCH3 is 1. The summed E-state index contributed by atoms with van der Waals surface area (Å²) in [5.74, 6) is -0.132. The van der Waals surface area contributed by atoms with Crippen molar-refractivity contribution in [2.24, 2.45) is 0 Å². The van der Waals surface area contributed by atoms with Gasteiger partial charge in [-0.05, 0) is 42.3 Å². The third kappa shape index (κ3) is 6.70. The van der Waals surface area contributed by atoms with Crippen LogP contribution in [-0.2, 0) is 26.2 Å². The van der Waals surface area contributed by atoms with E-state index in [9.17, 15) is 18.0 Å². The highest BCUT2D eigenvalue weighted by Gasteiger charge is 2.31. The van der Waals surface area contributed by atoms with Crippen LogP contribution in [0.4, 0.5) is 5.69 Å². The van der Waals surface area contributed by atoms with Crippen LogP contribution < -0.4 is 14.4 Å². The molecule has 0 aliphatic heterocycles. The number of ether oxygens (including phenoxy) is 1. The molecule has 0 aliphatic rings. The Morgan fingerprint density at radius 2 is 1.81 bits per heavy atom. The highest BCUT2D eigenvalue weighted by atomic mass is 79.9. The number of amides is 2. The topological polar surface area (TPSA) is 96.0 Å². The molecule has 0 saturated carbocycles. The molecule has 0 heterocycles. The molecule has 1 atom stereocenters. The van der Waals surface area contributed by atoms with E-state index in [-0.39, 0.29) is 12.5 Å². The Morgan fingerprint density at radius 3 is 2.31 bits per heavy atom. The number of rotatable bonds is 10. The van der Waals surface area contributed by atoms with Gasteiger partial charge in [0, 0.05) is 18.1 Å². The largest absolute Gasteiger partial charge is 0.497 e. The fourth-order valence-corrected chi connectivity index (χ4v) is 4.49. The highest BCUT2D eigenvalue weighted by Crippen LogP contribution is 2.23. The van der Waals surface area contributed by atoms with Crippen molar-refractivity contribution in [3.05, 3.63) is 58.6 Å². The summed E-state index contributed by atoms with van der Waals surface area (Å²) in [4.78, 5) is 27.3. The van der Waals surface area contributed by atoms with Crippen molar-refractivity contribution in [3.8, 4) is 5.75 Å². The van der Waals surface area contributed by atoms with E-state index in [0.717, 1.165) is 16.1 Å². The zero-order chi connectivity index (χ0) is 23.9. The monoisotopic (exact) mass is 525 g/mol. The van der Waals surface area contributed by atoms with Crippen LogP contribution in [-0.4, -0.2) is 58.1 Å². The Kier molecular flexibility index (Phi) is 9.09. The Balaban J connectivity index is 2.41. The lowest BCUT2D eigenvalue weighted by Gasteiger charge is -2.32. The number of anilines is 1. The van der Waals surface area contributed by atoms with Gasteiger partial charge < -0.3 is 15.0 Å². The van der Waals surface area contributed by atoms with Crippen molar-refractivity contribution < 1.29 is 22.7 Å². The van der Waals surface area contributed by atoms with Crippen molar-refractivity contribution in [1.29, 1.82) is 0 Å². The molecule has 2 aromatic rings. The Morgan fingerprint density at radius 1 is 1.16 bits per heavy atom. The number of likely N-dealkylation sites (N-methyl/N-ethyl adjacent to an activating group) is 1. The molecule has 0 bridgehead atoms. The summed E-state index contributed by atoms with van der Waals surface area (Å²) in [6.07, 6.45) is 1.42. The van der Waals surface area contributed by atoms with Gasteiger partial charge in [0.2, 0.25) is 21.8 Å². The van der Waals surface area contributed by atoms with Gasteiger partial charge in [0.25, 0.3) is 0 Å². The maximum atomic E-state index is 13.4. The average molecular weight is 526 g/mol. The van der Waals surface area contributed by atoms with E-state index in [1.54, 1.807) is 62.6 Å². The SMILES string of the molecule is CC[C@@H](C(=O)NC)N(Cc1ccc(OC)cc1)C(=O)CN(c1cccc(Br)c1)S(C)(=O)=O. The van der Waals surface area contributed by atoms with Crippen LogP contribution in [0.1, 0.15) is 18.9 Å². The van der Waals surface area contributed by atoms with E-state index < -0.39 is 28.5 Å². The van der Waals surface area contributed by atoms with E-state index in [4.69, 9.17) is 4.74 Å². The van der Waals surface area contributed by atoms with Crippen molar-refractivity contribution >= 4 is 43.5 Å². The lowest BCUT2D eigenvalue weighted by atomic mass is 10.1. The Bertz CT molecular complexity index is 1040. The number of nitrogens with zero attached hydrogens (tertiary/aromatic N) is 2. The third-order valence-electron chi connectivity index (χ3n) is 4.92. The molecule has 32 heavy (non-hydrogen) atoms. The van der Waals surface area contributed by atoms with Crippen molar-refractivity contribution in [2.45, 2.75) is 25.9 Å². The molecule has 0 unspecified atom stereocenters. The smallest absolute Gasteiger partial charge is 0.244 e.